The summed E-state index contributed by atoms with van der Waals surface area (Å²) in [6.45, 7) is 4.93. The Labute approximate surface area is 134 Å². The summed E-state index contributed by atoms with van der Waals surface area (Å²) in [6.07, 6.45) is 2.61. The highest BCUT2D eigenvalue weighted by Crippen LogP contribution is 2.37. The Morgan fingerprint density at radius 3 is 2.55 bits per heavy atom. The summed E-state index contributed by atoms with van der Waals surface area (Å²) < 4.78 is 1.18. The number of rotatable bonds is 5. The zero-order chi connectivity index (χ0) is 13.8. The van der Waals surface area contributed by atoms with Gasteiger partial charge in [-0.2, -0.15) is 11.8 Å². The van der Waals surface area contributed by atoms with Crippen molar-refractivity contribution in [3.05, 3.63) is 34.3 Å². The van der Waals surface area contributed by atoms with Crippen LogP contribution in [0.3, 0.4) is 0 Å². The van der Waals surface area contributed by atoms with Crippen molar-refractivity contribution in [2.45, 2.75) is 24.8 Å². The van der Waals surface area contributed by atoms with E-state index in [2.05, 4.69) is 62.2 Å². The molecule has 0 amide bonds. The molecule has 1 aliphatic heterocycles. The summed E-state index contributed by atoms with van der Waals surface area (Å²) in [5.74, 6) is 3.40. The maximum absolute atomic E-state index is 3.72. The van der Waals surface area contributed by atoms with Crippen molar-refractivity contribution in [1.82, 2.24) is 10.2 Å². The summed E-state index contributed by atoms with van der Waals surface area (Å²) in [7, 11) is 0. The molecular formula is C16H23BrN2S. The van der Waals surface area contributed by atoms with Gasteiger partial charge in [-0.1, -0.05) is 28.1 Å². The van der Waals surface area contributed by atoms with Crippen LogP contribution in [-0.4, -0.2) is 48.6 Å². The quantitative estimate of drug-likeness (QED) is 0.872. The molecule has 110 valence electrons. The van der Waals surface area contributed by atoms with E-state index < -0.39 is 0 Å². The molecule has 1 aromatic carbocycles. The molecule has 0 spiro atoms. The van der Waals surface area contributed by atoms with E-state index in [1.165, 1.54) is 54.0 Å². The van der Waals surface area contributed by atoms with Gasteiger partial charge in [0.15, 0.2) is 0 Å². The van der Waals surface area contributed by atoms with Crippen LogP contribution in [0.25, 0.3) is 0 Å². The normalized spacial score (nSPS) is 27.2. The molecule has 1 saturated heterocycles. The van der Waals surface area contributed by atoms with Gasteiger partial charge in [0.2, 0.25) is 0 Å². The van der Waals surface area contributed by atoms with E-state index in [4.69, 9.17) is 0 Å². The molecule has 1 saturated carbocycles. The van der Waals surface area contributed by atoms with Crippen molar-refractivity contribution in [1.29, 1.82) is 0 Å². The highest BCUT2D eigenvalue weighted by Gasteiger charge is 2.29. The second kappa shape index (κ2) is 7.30. The van der Waals surface area contributed by atoms with Crippen molar-refractivity contribution < 1.29 is 0 Å². The van der Waals surface area contributed by atoms with Gasteiger partial charge in [0.1, 0.15) is 0 Å². The zero-order valence-corrected chi connectivity index (χ0v) is 14.3. The monoisotopic (exact) mass is 354 g/mol. The van der Waals surface area contributed by atoms with E-state index in [1.807, 2.05) is 0 Å². The lowest BCUT2D eigenvalue weighted by atomic mass is 9.76. The van der Waals surface area contributed by atoms with Crippen LogP contribution in [0.5, 0.6) is 0 Å². The lowest BCUT2D eigenvalue weighted by Gasteiger charge is -2.37. The van der Waals surface area contributed by atoms with Gasteiger partial charge in [-0.25, -0.2) is 0 Å². The Morgan fingerprint density at radius 1 is 1.15 bits per heavy atom. The van der Waals surface area contributed by atoms with Gasteiger partial charge < -0.3 is 10.2 Å². The Kier molecular flexibility index (Phi) is 5.43. The van der Waals surface area contributed by atoms with Crippen LogP contribution in [0.4, 0.5) is 0 Å². The van der Waals surface area contributed by atoms with Crippen molar-refractivity contribution >= 4 is 27.7 Å². The summed E-state index contributed by atoms with van der Waals surface area (Å²) in [4.78, 5) is 2.59. The molecule has 0 bridgehead atoms. The first-order chi connectivity index (χ1) is 9.81. The Morgan fingerprint density at radius 2 is 1.85 bits per heavy atom. The van der Waals surface area contributed by atoms with Crippen LogP contribution in [-0.2, 0) is 0 Å². The molecule has 0 unspecified atom stereocenters. The number of thioether (sulfide) groups is 1. The van der Waals surface area contributed by atoms with Gasteiger partial charge in [-0.3, -0.25) is 0 Å². The molecule has 2 nitrogen and oxygen atoms in total. The number of hydrogen-bond acceptors (Lipinski definition) is 3. The molecule has 0 aromatic heterocycles. The maximum atomic E-state index is 3.72. The van der Waals surface area contributed by atoms with Crippen molar-refractivity contribution in [2.75, 3.05) is 37.7 Å². The fraction of sp³-hybridized carbons (Fsp3) is 0.625. The van der Waals surface area contributed by atoms with Crippen LogP contribution >= 0.6 is 27.7 Å². The third kappa shape index (κ3) is 4.00. The first-order valence-corrected chi connectivity index (χ1v) is 9.55. The van der Waals surface area contributed by atoms with Crippen LogP contribution < -0.4 is 5.32 Å². The van der Waals surface area contributed by atoms with E-state index in [0.29, 0.717) is 0 Å². The number of benzene rings is 1. The average Bonchev–Trinajstić information content (AvgIpc) is 2.44. The standard InChI is InChI=1S/C16H23BrN2S/c17-15-3-1-13(2-4-15)14-11-16(12-14)18-5-6-19-7-9-20-10-8-19/h1-4,14,16,18H,5-12H2. The van der Waals surface area contributed by atoms with Gasteiger partial charge in [0, 0.05) is 48.2 Å². The third-order valence-corrected chi connectivity index (χ3v) is 5.92. The second-order valence-corrected chi connectivity index (χ2v) is 7.97. The van der Waals surface area contributed by atoms with Crippen LogP contribution in [0.1, 0.15) is 24.3 Å². The van der Waals surface area contributed by atoms with Crippen LogP contribution in [0.2, 0.25) is 0 Å². The Hall–Kier alpha value is -0.0300. The van der Waals surface area contributed by atoms with E-state index >= 15 is 0 Å². The minimum absolute atomic E-state index is 0.739. The van der Waals surface area contributed by atoms with Crippen molar-refractivity contribution in [3.8, 4) is 0 Å². The molecule has 2 aliphatic rings. The lowest BCUT2D eigenvalue weighted by molar-refractivity contribution is 0.255. The van der Waals surface area contributed by atoms with Gasteiger partial charge in [0.25, 0.3) is 0 Å². The predicted molar refractivity (Wildman–Crippen MR) is 91.7 cm³/mol. The predicted octanol–water partition coefficient (Wildman–Crippen LogP) is 3.33. The first-order valence-electron chi connectivity index (χ1n) is 7.60. The second-order valence-electron chi connectivity index (χ2n) is 5.82. The van der Waals surface area contributed by atoms with Crippen LogP contribution in [0.15, 0.2) is 28.7 Å². The van der Waals surface area contributed by atoms with E-state index in [0.717, 1.165) is 18.5 Å². The molecule has 4 heteroatoms. The van der Waals surface area contributed by atoms with E-state index in [1.54, 1.807) is 0 Å². The van der Waals surface area contributed by atoms with Crippen LogP contribution in [0, 0.1) is 0 Å². The fourth-order valence-electron chi connectivity index (χ4n) is 3.04. The molecule has 0 atom stereocenters. The van der Waals surface area contributed by atoms with Gasteiger partial charge in [-0.15, -0.1) is 0 Å². The molecular weight excluding hydrogens is 332 g/mol. The maximum Gasteiger partial charge on any atom is 0.0175 e. The van der Waals surface area contributed by atoms with Gasteiger partial charge in [0.05, 0.1) is 0 Å². The molecule has 1 aliphatic carbocycles. The minimum atomic E-state index is 0.739. The van der Waals surface area contributed by atoms with E-state index in [9.17, 15) is 0 Å². The number of nitrogens with one attached hydrogen (secondary N) is 1. The molecule has 0 radical (unpaired) electrons. The SMILES string of the molecule is Brc1ccc(C2CC(NCCN3CCSCC3)C2)cc1. The van der Waals surface area contributed by atoms with Crippen molar-refractivity contribution in [2.24, 2.45) is 0 Å². The van der Waals surface area contributed by atoms with Gasteiger partial charge in [-0.05, 0) is 36.5 Å². The summed E-state index contributed by atoms with van der Waals surface area (Å²) in [5, 5.41) is 3.72. The molecule has 2 fully saturated rings. The first kappa shape index (κ1) is 14.9. The zero-order valence-electron chi connectivity index (χ0n) is 11.9. The highest BCUT2D eigenvalue weighted by atomic mass is 79.9. The molecule has 1 heterocycles. The Balaban J connectivity index is 1.33. The minimum Gasteiger partial charge on any atom is -0.313 e. The lowest BCUT2D eigenvalue weighted by Crippen LogP contribution is -2.44. The average molecular weight is 355 g/mol. The Bertz CT molecular complexity index is 411. The highest BCUT2D eigenvalue weighted by molar-refractivity contribution is 9.10. The number of nitrogens with zero attached hydrogens (tertiary/aromatic N) is 1. The number of halogens is 1. The molecule has 1 N–H and O–H groups in total. The van der Waals surface area contributed by atoms with E-state index in [-0.39, 0.29) is 0 Å². The largest absolute Gasteiger partial charge is 0.313 e. The molecule has 3 rings (SSSR count). The fourth-order valence-corrected chi connectivity index (χ4v) is 4.29. The van der Waals surface area contributed by atoms with Crippen molar-refractivity contribution in [3.63, 3.8) is 0 Å². The summed E-state index contributed by atoms with van der Waals surface area (Å²) >= 11 is 5.59. The third-order valence-electron chi connectivity index (χ3n) is 4.44. The van der Waals surface area contributed by atoms with Gasteiger partial charge >= 0.3 is 0 Å². The summed E-state index contributed by atoms with van der Waals surface area (Å²) in [5.41, 5.74) is 1.50. The topological polar surface area (TPSA) is 15.3 Å². The number of hydrogen-bond donors (Lipinski definition) is 1. The summed E-state index contributed by atoms with van der Waals surface area (Å²) in [6, 6.07) is 9.57. The molecule has 1 aromatic rings. The smallest absolute Gasteiger partial charge is 0.0175 e. The molecule has 20 heavy (non-hydrogen) atoms.